The smallest absolute Gasteiger partial charge is 0.0702 e. The summed E-state index contributed by atoms with van der Waals surface area (Å²) in [6, 6.07) is 0.705. The monoisotopic (exact) mass is 242 g/mol. The Balaban J connectivity index is 2.22. The van der Waals surface area contributed by atoms with Crippen LogP contribution >= 0.6 is 0 Å². The highest BCUT2D eigenvalue weighted by atomic mass is 16.5. The summed E-state index contributed by atoms with van der Waals surface area (Å²) >= 11 is 0. The van der Waals surface area contributed by atoms with E-state index in [9.17, 15) is 0 Å². The lowest BCUT2D eigenvalue weighted by Gasteiger charge is -2.36. The Labute approximate surface area is 107 Å². The van der Waals surface area contributed by atoms with E-state index in [0.717, 1.165) is 26.1 Å². The van der Waals surface area contributed by atoms with E-state index in [1.165, 1.54) is 32.2 Å². The maximum Gasteiger partial charge on any atom is 0.0702 e. The minimum Gasteiger partial charge on any atom is -0.377 e. The van der Waals surface area contributed by atoms with Crippen LogP contribution in [0.5, 0.6) is 0 Å². The zero-order valence-corrected chi connectivity index (χ0v) is 11.9. The lowest BCUT2D eigenvalue weighted by atomic mass is 10.0. The van der Waals surface area contributed by atoms with Gasteiger partial charge in [-0.05, 0) is 59.2 Å². The van der Waals surface area contributed by atoms with Crippen LogP contribution in [0.1, 0.15) is 46.0 Å². The molecular formula is C14H30N2O. The maximum atomic E-state index is 5.88. The molecule has 2 unspecified atom stereocenters. The molecule has 0 aromatic heterocycles. The Hall–Kier alpha value is -0.120. The molecule has 1 rings (SSSR count). The van der Waals surface area contributed by atoms with E-state index in [1.807, 2.05) is 7.05 Å². The first-order valence-electron chi connectivity index (χ1n) is 7.28. The molecule has 0 radical (unpaired) electrons. The van der Waals surface area contributed by atoms with Gasteiger partial charge in [-0.2, -0.15) is 0 Å². The number of hydrogen-bond acceptors (Lipinski definition) is 3. The molecule has 1 N–H and O–H groups in total. The lowest BCUT2D eigenvalue weighted by molar-refractivity contribution is -0.0114. The van der Waals surface area contributed by atoms with Crippen LogP contribution in [0.3, 0.4) is 0 Å². The van der Waals surface area contributed by atoms with Crippen LogP contribution in [0, 0.1) is 0 Å². The standard InChI is InChI=1S/C14H30N2O/c1-4-11-17-14-8-6-10-16(12-14)13(2)7-5-9-15-3/h13-15H,4-12H2,1-3H3. The Morgan fingerprint density at radius 1 is 1.47 bits per heavy atom. The van der Waals surface area contributed by atoms with E-state index in [2.05, 4.69) is 24.1 Å². The summed E-state index contributed by atoms with van der Waals surface area (Å²) in [5.41, 5.74) is 0. The zero-order valence-electron chi connectivity index (χ0n) is 11.9. The van der Waals surface area contributed by atoms with Crippen molar-refractivity contribution in [2.45, 2.75) is 58.1 Å². The largest absolute Gasteiger partial charge is 0.377 e. The van der Waals surface area contributed by atoms with Gasteiger partial charge in [-0.25, -0.2) is 0 Å². The van der Waals surface area contributed by atoms with Crippen LogP contribution < -0.4 is 5.32 Å². The minimum atomic E-state index is 0.482. The molecule has 102 valence electrons. The van der Waals surface area contributed by atoms with Crippen molar-refractivity contribution in [3.8, 4) is 0 Å². The SMILES string of the molecule is CCCOC1CCCN(C(C)CCCNC)C1. The molecule has 3 heteroatoms. The highest BCUT2D eigenvalue weighted by Gasteiger charge is 2.23. The quantitative estimate of drug-likeness (QED) is 0.661. The second-order valence-electron chi connectivity index (χ2n) is 5.22. The highest BCUT2D eigenvalue weighted by molar-refractivity contribution is 4.77. The van der Waals surface area contributed by atoms with Crippen LogP contribution in [0.15, 0.2) is 0 Å². The van der Waals surface area contributed by atoms with Crippen LogP contribution in [-0.4, -0.2) is 50.3 Å². The number of rotatable bonds is 8. The van der Waals surface area contributed by atoms with Gasteiger partial charge in [0.1, 0.15) is 0 Å². The fourth-order valence-corrected chi connectivity index (χ4v) is 2.54. The van der Waals surface area contributed by atoms with Crippen LogP contribution in [0.25, 0.3) is 0 Å². The van der Waals surface area contributed by atoms with Crippen LogP contribution in [-0.2, 0) is 4.74 Å². The molecule has 17 heavy (non-hydrogen) atoms. The van der Waals surface area contributed by atoms with Crippen molar-refractivity contribution < 1.29 is 4.74 Å². The molecule has 3 nitrogen and oxygen atoms in total. The summed E-state index contributed by atoms with van der Waals surface area (Å²) in [6.07, 6.45) is 6.73. The first kappa shape index (κ1) is 14.9. The van der Waals surface area contributed by atoms with Crippen LogP contribution in [0.2, 0.25) is 0 Å². The van der Waals surface area contributed by atoms with E-state index < -0.39 is 0 Å². The summed E-state index contributed by atoms with van der Waals surface area (Å²) < 4.78 is 5.88. The second-order valence-corrected chi connectivity index (χ2v) is 5.22. The zero-order chi connectivity index (χ0) is 12.5. The number of nitrogens with one attached hydrogen (secondary N) is 1. The summed E-state index contributed by atoms with van der Waals surface area (Å²) in [6.45, 7) is 8.99. The van der Waals surface area contributed by atoms with Crippen LogP contribution in [0.4, 0.5) is 0 Å². The Morgan fingerprint density at radius 3 is 3.00 bits per heavy atom. The first-order chi connectivity index (χ1) is 8.27. The van der Waals surface area contributed by atoms with Crippen molar-refractivity contribution in [1.82, 2.24) is 10.2 Å². The van der Waals surface area contributed by atoms with Crippen molar-refractivity contribution in [3.63, 3.8) is 0 Å². The van der Waals surface area contributed by atoms with Gasteiger partial charge in [0, 0.05) is 19.2 Å². The molecule has 1 aliphatic heterocycles. The average molecular weight is 242 g/mol. The molecule has 0 spiro atoms. The topological polar surface area (TPSA) is 24.5 Å². The lowest BCUT2D eigenvalue weighted by Crippen LogP contribution is -2.44. The van der Waals surface area contributed by atoms with Gasteiger partial charge in [-0.3, -0.25) is 4.90 Å². The van der Waals surface area contributed by atoms with Crippen molar-refractivity contribution in [2.75, 3.05) is 33.3 Å². The van der Waals surface area contributed by atoms with Gasteiger partial charge in [0.05, 0.1) is 6.10 Å². The molecule has 1 fully saturated rings. The Bertz CT molecular complexity index is 187. The number of ether oxygens (including phenoxy) is 1. The molecule has 2 atom stereocenters. The highest BCUT2D eigenvalue weighted by Crippen LogP contribution is 2.17. The fraction of sp³-hybridized carbons (Fsp3) is 1.00. The molecule has 0 bridgehead atoms. The second kappa shape index (κ2) is 8.90. The minimum absolute atomic E-state index is 0.482. The van der Waals surface area contributed by atoms with Gasteiger partial charge >= 0.3 is 0 Å². The molecule has 0 aromatic carbocycles. The van der Waals surface area contributed by atoms with Crippen molar-refractivity contribution in [2.24, 2.45) is 0 Å². The van der Waals surface area contributed by atoms with Gasteiger partial charge in [0.25, 0.3) is 0 Å². The molecule has 0 amide bonds. The Morgan fingerprint density at radius 2 is 2.29 bits per heavy atom. The van der Waals surface area contributed by atoms with E-state index in [4.69, 9.17) is 4.74 Å². The third-order valence-corrected chi connectivity index (χ3v) is 3.64. The van der Waals surface area contributed by atoms with E-state index >= 15 is 0 Å². The molecule has 1 saturated heterocycles. The summed E-state index contributed by atoms with van der Waals surface area (Å²) in [7, 11) is 2.03. The average Bonchev–Trinajstić information content (AvgIpc) is 2.37. The number of piperidine rings is 1. The number of hydrogen-bond donors (Lipinski definition) is 1. The number of likely N-dealkylation sites (tertiary alicyclic amines) is 1. The van der Waals surface area contributed by atoms with Gasteiger partial charge in [-0.1, -0.05) is 6.92 Å². The first-order valence-corrected chi connectivity index (χ1v) is 7.28. The van der Waals surface area contributed by atoms with Gasteiger partial charge < -0.3 is 10.1 Å². The predicted octanol–water partition coefficient (Wildman–Crippen LogP) is 2.27. The Kier molecular flexibility index (Phi) is 7.82. The third kappa shape index (κ3) is 5.84. The van der Waals surface area contributed by atoms with E-state index in [-0.39, 0.29) is 0 Å². The predicted molar refractivity (Wildman–Crippen MR) is 73.5 cm³/mol. The molecule has 0 saturated carbocycles. The molecular weight excluding hydrogens is 212 g/mol. The summed E-state index contributed by atoms with van der Waals surface area (Å²) in [5.74, 6) is 0. The molecule has 1 heterocycles. The van der Waals surface area contributed by atoms with E-state index in [0.29, 0.717) is 12.1 Å². The fourth-order valence-electron chi connectivity index (χ4n) is 2.54. The summed E-state index contributed by atoms with van der Waals surface area (Å²) in [4.78, 5) is 2.61. The van der Waals surface area contributed by atoms with Gasteiger partial charge in [-0.15, -0.1) is 0 Å². The van der Waals surface area contributed by atoms with Gasteiger partial charge in [0.15, 0.2) is 0 Å². The van der Waals surface area contributed by atoms with Gasteiger partial charge in [0.2, 0.25) is 0 Å². The maximum absolute atomic E-state index is 5.88. The molecule has 1 aliphatic rings. The molecule has 0 aliphatic carbocycles. The number of nitrogens with zero attached hydrogens (tertiary/aromatic N) is 1. The van der Waals surface area contributed by atoms with Crippen molar-refractivity contribution in [3.05, 3.63) is 0 Å². The van der Waals surface area contributed by atoms with Crippen molar-refractivity contribution in [1.29, 1.82) is 0 Å². The third-order valence-electron chi connectivity index (χ3n) is 3.64. The van der Waals surface area contributed by atoms with E-state index in [1.54, 1.807) is 0 Å². The van der Waals surface area contributed by atoms with Crippen molar-refractivity contribution >= 4 is 0 Å². The summed E-state index contributed by atoms with van der Waals surface area (Å²) in [5, 5.41) is 3.22. The normalized spacial score (nSPS) is 23.8. The molecule has 0 aromatic rings.